The Labute approximate surface area is 210 Å². The van der Waals surface area contributed by atoms with Gasteiger partial charge in [0.2, 0.25) is 0 Å². The van der Waals surface area contributed by atoms with E-state index in [4.69, 9.17) is 9.97 Å². The van der Waals surface area contributed by atoms with Crippen molar-refractivity contribution in [3.63, 3.8) is 0 Å². The van der Waals surface area contributed by atoms with E-state index in [0.29, 0.717) is 6.04 Å². The smallest absolute Gasteiger partial charge is 0.0607 e. The van der Waals surface area contributed by atoms with E-state index in [0.717, 1.165) is 25.9 Å². The first-order valence-corrected chi connectivity index (χ1v) is 13.8. The van der Waals surface area contributed by atoms with Gasteiger partial charge in [-0.15, -0.1) is 0 Å². The highest BCUT2D eigenvalue weighted by Crippen LogP contribution is 2.39. The quantitative estimate of drug-likeness (QED) is 0.290. The number of piperidine rings is 1. The fourth-order valence-corrected chi connectivity index (χ4v) is 6.56. The van der Waals surface area contributed by atoms with E-state index in [9.17, 15) is 0 Å². The number of hydrogen-bond donors (Lipinski definition) is 0. The summed E-state index contributed by atoms with van der Waals surface area (Å²) in [6.45, 7) is 5.88. The summed E-state index contributed by atoms with van der Waals surface area (Å²) in [6, 6.07) is 15.9. The van der Waals surface area contributed by atoms with Crippen molar-refractivity contribution in [2.75, 3.05) is 26.2 Å². The van der Waals surface area contributed by atoms with Gasteiger partial charge in [0.15, 0.2) is 0 Å². The number of pyridine rings is 2. The van der Waals surface area contributed by atoms with Gasteiger partial charge in [0, 0.05) is 25.4 Å². The molecule has 3 aliphatic rings. The molecule has 35 heavy (non-hydrogen) atoms. The van der Waals surface area contributed by atoms with Crippen LogP contribution in [0.5, 0.6) is 0 Å². The average Bonchev–Trinajstić information content (AvgIpc) is 3.30. The third-order valence-electron chi connectivity index (χ3n) is 8.40. The van der Waals surface area contributed by atoms with Crippen LogP contribution >= 0.6 is 0 Å². The SMILES string of the molecule is c1ccc2c(c1)Cc1c-2ccnc1CN(CCCCN1CCCCC1)C1CCCc2cccnc21. The molecule has 1 fully saturated rings. The standard InChI is InChI=1S/C31H38N4/c1-4-18-34(19-5-1)20-6-7-21-35(30-14-8-11-24-12-9-16-33-31(24)30)23-29-28-22-25-10-2-3-13-26(25)27(28)15-17-32-29/h2-3,9-10,12-13,15-17,30H,1,4-8,11,14,18-23H2. The second-order valence-corrected chi connectivity index (χ2v) is 10.7. The van der Waals surface area contributed by atoms with Crippen LogP contribution in [0.25, 0.3) is 11.1 Å². The third kappa shape index (κ3) is 4.92. The lowest BCUT2D eigenvalue weighted by atomic mass is 9.90. The summed E-state index contributed by atoms with van der Waals surface area (Å²) in [5.41, 5.74) is 9.67. The second kappa shape index (κ2) is 10.6. The average molecular weight is 467 g/mol. The van der Waals surface area contributed by atoms with E-state index in [1.54, 1.807) is 0 Å². The van der Waals surface area contributed by atoms with Crippen molar-refractivity contribution < 1.29 is 0 Å². The van der Waals surface area contributed by atoms with E-state index in [1.165, 1.54) is 104 Å². The molecule has 1 aromatic carbocycles. The molecule has 0 amide bonds. The maximum atomic E-state index is 4.96. The number of benzene rings is 1. The van der Waals surface area contributed by atoms with E-state index >= 15 is 0 Å². The predicted octanol–water partition coefficient (Wildman–Crippen LogP) is 6.19. The first-order chi connectivity index (χ1) is 17.4. The number of aromatic nitrogens is 2. The highest BCUT2D eigenvalue weighted by atomic mass is 15.2. The van der Waals surface area contributed by atoms with Gasteiger partial charge in [-0.3, -0.25) is 14.9 Å². The van der Waals surface area contributed by atoms with Crippen molar-refractivity contribution in [2.24, 2.45) is 0 Å². The molecule has 4 heteroatoms. The van der Waals surface area contributed by atoms with E-state index in [2.05, 4.69) is 52.3 Å². The molecule has 4 nitrogen and oxygen atoms in total. The number of hydrogen-bond acceptors (Lipinski definition) is 4. The van der Waals surface area contributed by atoms with Crippen LogP contribution in [0.15, 0.2) is 54.9 Å². The Morgan fingerprint density at radius 1 is 0.829 bits per heavy atom. The van der Waals surface area contributed by atoms with Crippen molar-refractivity contribution in [3.05, 3.63) is 82.9 Å². The molecule has 182 valence electrons. The summed E-state index contributed by atoms with van der Waals surface area (Å²) in [5.74, 6) is 0. The van der Waals surface area contributed by atoms with Crippen molar-refractivity contribution in [1.82, 2.24) is 19.8 Å². The van der Waals surface area contributed by atoms with Crippen molar-refractivity contribution >= 4 is 0 Å². The summed E-state index contributed by atoms with van der Waals surface area (Å²) in [6.07, 6.45) is 15.3. The lowest BCUT2D eigenvalue weighted by Crippen LogP contribution is -2.34. The summed E-state index contributed by atoms with van der Waals surface area (Å²) in [7, 11) is 0. The maximum Gasteiger partial charge on any atom is 0.0607 e. The molecule has 1 aliphatic heterocycles. The van der Waals surface area contributed by atoms with Gasteiger partial charge in [0.25, 0.3) is 0 Å². The number of aryl methyl sites for hydroxylation is 1. The molecule has 6 rings (SSSR count). The van der Waals surface area contributed by atoms with Gasteiger partial charge < -0.3 is 4.90 Å². The van der Waals surface area contributed by atoms with Gasteiger partial charge in [-0.2, -0.15) is 0 Å². The topological polar surface area (TPSA) is 32.3 Å². The zero-order valence-electron chi connectivity index (χ0n) is 21.0. The summed E-state index contributed by atoms with van der Waals surface area (Å²) in [5, 5.41) is 0. The van der Waals surface area contributed by atoms with Crippen molar-refractivity contribution in [2.45, 2.75) is 70.4 Å². The Hall–Kier alpha value is -2.56. The van der Waals surface area contributed by atoms with Crippen LogP contribution < -0.4 is 0 Å². The fraction of sp³-hybridized carbons (Fsp3) is 0.484. The predicted molar refractivity (Wildman–Crippen MR) is 142 cm³/mol. The Balaban J connectivity index is 1.22. The van der Waals surface area contributed by atoms with Crippen molar-refractivity contribution in [1.29, 1.82) is 0 Å². The van der Waals surface area contributed by atoms with Crippen molar-refractivity contribution in [3.8, 4) is 11.1 Å². The number of unbranched alkanes of at least 4 members (excludes halogenated alkanes) is 1. The van der Waals surface area contributed by atoms with Gasteiger partial charge in [0.05, 0.1) is 17.4 Å². The monoisotopic (exact) mass is 466 g/mol. The van der Waals surface area contributed by atoms with Gasteiger partial charge >= 0.3 is 0 Å². The molecule has 2 aliphatic carbocycles. The van der Waals surface area contributed by atoms with Crippen LogP contribution in [0.4, 0.5) is 0 Å². The number of nitrogens with zero attached hydrogens (tertiary/aromatic N) is 4. The van der Waals surface area contributed by atoms with Crippen LogP contribution in [0.2, 0.25) is 0 Å². The van der Waals surface area contributed by atoms with Crippen LogP contribution in [-0.4, -0.2) is 45.9 Å². The number of rotatable bonds is 8. The lowest BCUT2D eigenvalue weighted by molar-refractivity contribution is 0.154. The van der Waals surface area contributed by atoms with Crippen LogP contribution in [0.1, 0.15) is 79.1 Å². The maximum absolute atomic E-state index is 4.96. The first-order valence-electron chi connectivity index (χ1n) is 13.8. The molecule has 0 saturated carbocycles. The third-order valence-corrected chi connectivity index (χ3v) is 8.40. The fourth-order valence-electron chi connectivity index (χ4n) is 6.56. The summed E-state index contributed by atoms with van der Waals surface area (Å²) >= 11 is 0. The molecule has 1 unspecified atom stereocenters. The zero-order chi connectivity index (χ0) is 23.5. The molecule has 0 spiro atoms. The van der Waals surface area contributed by atoms with Crippen LogP contribution in [0, 0.1) is 0 Å². The highest BCUT2D eigenvalue weighted by molar-refractivity contribution is 5.77. The minimum absolute atomic E-state index is 0.399. The molecule has 3 heterocycles. The number of likely N-dealkylation sites (tertiary alicyclic amines) is 1. The molecule has 2 aromatic heterocycles. The minimum atomic E-state index is 0.399. The van der Waals surface area contributed by atoms with Gasteiger partial charge in [-0.25, -0.2) is 0 Å². The second-order valence-electron chi connectivity index (χ2n) is 10.7. The lowest BCUT2D eigenvalue weighted by Gasteiger charge is -2.35. The van der Waals surface area contributed by atoms with E-state index < -0.39 is 0 Å². The molecular weight excluding hydrogens is 428 g/mol. The Kier molecular flexibility index (Phi) is 6.92. The number of fused-ring (bicyclic) bond motifs is 4. The Morgan fingerprint density at radius 3 is 2.66 bits per heavy atom. The molecule has 3 aromatic rings. The zero-order valence-corrected chi connectivity index (χ0v) is 21.0. The normalized spacial score (nSPS) is 19.4. The molecule has 0 N–H and O–H groups in total. The Bertz CT molecular complexity index is 1150. The van der Waals surface area contributed by atoms with E-state index in [-0.39, 0.29) is 0 Å². The first kappa shape index (κ1) is 22.9. The summed E-state index contributed by atoms with van der Waals surface area (Å²) < 4.78 is 0. The van der Waals surface area contributed by atoms with Crippen LogP contribution in [0.3, 0.4) is 0 Å². The highest BCUT2D eigenvalue weighted by Gasteiger charge is 2.29. The van der Waals surface area contributed by atoms with Gasteiger partial charge in [0.1, 0.15) is 0 Å². The molecular formula is C31H38N4. The molecule has 0 bridgehead atoms. The molecule has 1 atom stereocenters. The minimum Gasteiger partial charge on any atom is -0.303 e. The molecule has 1 saturated heterocycles. The van der Waals surface area contributed by atoms with Crippen LogP contribution in [-0.2, 0) is 19.4 Å². The van der Waals surface area contributed by atoms with E-state index in [1.807, 2.05) is 12.4 Å². The largest absolute Gasteiger partial charge is 0.303 e. The molecule has 0 radical (unpaired) electrons. The van der Waals surface area contributed by atoms with Gasteiger partial charge in [-0.1, -0.05) is 36.8 Å². The Morgan fingerprint density at radius 2 is 1.71 bits per heavy atom. The summed E-state index contributed by atoms with van der Waals surface area (Å²) in [4.78, 5) is 15.2. The van der Waals surface area contributed by atoms with Gasteiger partial charge in [-0.05, 0) is 111 Å².